The molecule has 4 atom stereocenters. The van der Waals surface area contributed by atoms with E-state index in [4.69, 9.17) is 4.74 Å². The highest BCUT2D eigenvalue weighted by Crippen LogP contribution is 2.48. The lowest BCUT2D eigenvalue weighted by atomic mass is 9.82. The zero-order chi connectivity index (χ0) is 42.6. The molecule has 0 spiro atoms. The Kier molecular flexibility index (Phi) is 12.1. The van der Waals surface area contributed by atoms with Crippen molar-refractivity contribution >= 4 is 35.0 Å². The molecule has 2 fully saturated rings. The molecule has 12 nitrogen and oxygen atoms in total. The normalized spacial score (nSPS) is 20.5. The van der Waals surface area contributed by atoms with Crippen LogP contribution in [0, 0.1) is 5.92 Å². The number of aliphatic hydroxyl groups is 1. The van der Waals surface area contributed by atoms with Gasteiger partial charge >= 0.3 is 0 Å². The topological polar surface area (TPSA) is 153 Å². The number of likely N-dealkylation sites (tertiary alicyclic amines) is 1. The first-order valence-corrected chi connectivity index (χ1v) is 21.8. The van der Waals surface area contributed by atoms with Gasteiger partial charge in [-0.25, -0.2) is 0 Å². The van der Waals surface area contributed by atoms with E-state index in [0.717, 1.165) is 73.3 Å². The number of rotatable bonds is 15. The Morgan fingerprint density at radius 3 is 2.42 bits per heavy atom. The summed E-state index contributed by atoms with van der Waals surface area (Å²) in [6.45, 7) is 2.65. The Morgan fingerprint density at radius 1 is 0.855 bits per heavy atom. The first kappa shape index (κ1) is 41.0. The molecular formula is C50H52N6O6. The van der Waals surface area contributed by atoms with Gasteiger partial charge in [0, 0.05) is 66.2 Å². The molecule has 9 rings (SSSR count). The number of fused-ring (bicyclic) bond motifs is 4. The summed E-state index contributed by atoms with van der Waals surface area (Å²) in [7, 11) is 0. The average Bonchev–Trinajstić information content (AvgIpc) is 3.86. The molecule has 2 saturated heterocycles. The maximum Gasteiger partial charge on any atom is 0.255 e. The highest BCUT2D eigenvalue weighted by Gasteiger charge is 2.44. The molecule has 0 radical (unpaired) electrons. The molecule has 4 amide bonds. The van der Waals surface area contributed by atoms with Crippen LogP contribution >= 0.6 is 0 Å². The van der Waals surface area contributed by atoms with Gasteiger partial charge in [-0.15, -0.1) is 0 Å². The van der Waals surface area contributed by atoms with Crippen LogP contribution in [0.15, 0.2) is 109 Å². The second kappa shape index (κ2) is 18.3. The largest absolute Gasteiger partial charge is 0.493 e. The molecule has 318 valence electrons. The van der Waals surface area contributed by atoms with Crippen LogP contribution < -0.4 is 20.7 Å². The molecule has 62 heavy (non-hydrogen) atoms. The van der Waals surface area contributed by atoms with Crippen LogP contribution in [0.1, 0.15) is 82.7 Å². The molecule has 4 aliphatic rings. The predicted octanol–water partition coefficient (Wildman–Crippen LogP) is 6.83. The monoisotopic (exact) mass is 832 g/mol. The molecular weight excluding hydrogens is 781 g/mol. The Bertz CT molecular complexity index is 2460. The van der Waals surface area contributed by atoms with E-state index in [2.05, 4.69) is 86.5 Å². The van der Waals surface area contributed by atoms with Gasteiger partial charge in [-0.05, 0) is 127 Å². The van der Waals surface area contributed by atoms with Gasteiger partial charge in [0.2, 0.25) is 17.7 Å². The number of amides is 4. The lowest BCUT2D eigenvalue weighted by molar-refractivity contribution is -0.137. The lowest BCUT2D eigenvalue weighted by Gasteiger charge is -2.39. The summed E-state index contributed by atoms with van der Waals surface area (Å²) in [5.74, 6) is 0.0000468. The molecule has 0 aliphatic carbocycles. The van der Waals surface area contributed by atoms with Crippen molar-refractivity contribution in [1.29, 1.82) is 0 Å². The van der Waals surface area contributed by atoms with Crippen LogP contribution in [-0.2, 0) is 40.3 Å². The van der Waals surface area contributed by atoms with E-state index in [1.807, 2.05) is 36.7 Å². The van der Waals surface area contributed by atoms with Crippen molar-refractivity contribution in [3.05, 3.63) is 143 Å². The summed E-state index contributed by atoms with van der Waals surface area (Å²) < 4.78 is 6.15. The minimum absolute atomic E-state index is 0.0129. The molecule has 0 bridgehead atoms. The first-order valence-electron chi connectivity index (χ1n) is 21.8. The molecule has 4 aliphatic heterocycles. The molecule has 1 aromatic heterocycles. The molecule has 4 aromatic carbocycles. The van der Waals surface area contributed by atoms with Crippen molar-refractivity contribution in [1.82, 2.24) is 20.1 Å². The van der Waals surface area contributed by atoms with Crippen LogP contribution in [0.5, 0.6) is 5.75 Å². The van der Waals surface area contributed by atoms with E-state index in [1.54, 1.807) is 17.0 Å². The van der Waals surface area contributed by atoms with Gasteiger partial charge in [0.05, 0.1) is 25.8 Å². The van der Waals surface area contributed by atoms with Gasteiger partial charge < -0.3 is 25.4 Å². The number of carbonyl (C=O) groups is 4. The van der Waals surface area contributed by atoms with Gasteiger partial charge in [-0.2, -0.15) is 0 Å². The number of anilines is 2. The van der Waals surface area contributed by atoms with Gasteiger partial charge in [0.1, 0.15) is 11.8 Å². The minimum Gasteiger partial charge on any atom is -0.493 e. The zero-order valence-corrected chi connectivity index (χ0v) is 34.7. The molecule has 0 saturated carbocycles. The van der Waals surface area contributed by atoms with Gasteiger partial charge in [0.15, 0.2) is 0 Å². The molecule has 12 heteroatoms. The van der Waals surface area contributed by atoms with Gasteiger partial charge in [-0.3, -0.25) is 34.4 Å². The van der Waals surface area contributed by atoms with Crippen molar-refractivity contribution in [2.24, 2.45) is 5.92 Å². The standard InChI is InChI=1S/C50H52N6O6/c57-31-43-39-22-25-55(29-34-20-23-51-24-21-34)48(39)40-28-36(16-17-42(40)53-43)35-7-2-8-37(27-35)52-46(58)11-1-5-32-12-14-33(15-13-32)6-4-26-62-45-10-3-9-38-41(45)30-56(50(38)61)44-18-19-47(59)54-49(44)60/h2-3,7-10,12-17,20-21,23-24,27-28,39,43-44,48,53,57H,1,4-6,11,18-19,22,25-26,29-31H2,(H,52,58)(H,54,59,60)/t39-,43-,44?,48-/m1/s1. The van der Waals surface area contributed by atoms with Crippen LogP contribution in [-0.4, -0.2) is 75.4 Å². The van der Waals surface area contributed by atoms with Crippen LogP contribution in [0.2, 0.25) is 0 Å². The van der Waals surface area contributed by atoms with Gasteiger partial charge in [-0.1, -0.05) is 48.5 Å². The number of benzene rings is 4. The third kappa shape index (κ3) is 8.84. The Balaban J connectivity index is 0.740. The van der Waals surface area contributed by atoms with E-state index in [0.29, 0.717) is 36.7 Å². The van der Waals surface area contributed by atoms with Crippen molar-refractivity contribution in [3.63, 3.8) is 0 Å². The number of imide groups is 1. The number of hydrogen-bond acceptors (Lipinski definition) is 9. The van der Waals surface area contributed by atoms with E-state index in [-0.39, 0.29) is 49.4 Å². The van der Waals surface area contributed by atoms with E-state index in [9.17, 15) is 24.3 Å². The number of nitrogens with one attached hydrogen (secondary N) is 3. The quantitative estimate of drug-likeness (QED) is 0.0657. The fourth-order valence-corrected chi connectivity index (χ4v) is 9.71. The number of aryl methyl sites for hydroxylation is 2. The summed E-state index contributed by atoms with van der Waals surface area (Å²) >= 11 is 0. The minimum atomic E-state index is -0.658. The van der Waals surface area contributed by atoms with Crippen molar-refractivity contribution < 1.29 is 29.0 Å². The number of aromatic nitrogens is 1. The number of piperidine rings is 1. The van der Waals surface area contributed by atoms with E-state index in [1.165, 1.54) is 22.3 Å². The zero-order valence-electron chi connectivity index (χ0n) is 34.7. The summed E-state index contributed by atoms with van der Waals surface area (Å²) in [5, 5.41) is 19.4. The smallest absolute Gasteiger partial charge is 0.255 e. The number of nitrogens with zero attached hydrogens (tertiary/aromatic N) is 3. The molecule has 1 unspecified atom stereocenters. The van der Waals surface area contributed by atoms with Gasteiger partial charge in [0.25, 0.3) is 5.91 Å². The van der Waals surface area contributed by atoms with E-state index < -0.39 is 11.9 Å². The second-order valence-electron chi connectivity index (χ2n) is 16.9. The summed E-state index contributed by atoms with van der Waals surface area (Å²) in [6, 6.07) is 32.2. The summed E-state index contributed by atoms with van der Waals surface area (Å²) in [6.07, 6.45) is 8.80. The maximum absolute atomic E-state index is 13.1. The number of pyridine rings is 1. The third-order valence-corrected chi connectivity index (χ3v) is 12.9. The fourth-order valence-electron chi connectivity index (χ4n) is 9.71. The third-order valence-electron chi connectivity index (χ3n) is 12.9. The average molecular weight is 833 g/mol. The second-order valence-corrected chi connectivity index (χ2v) is 16.9. The predicted molar refractivity (Wildman–Crippen MR) is 236 cm³/mol. The lowest BCUT2D eigenvalue weighted by Crippen LogP contribution is -2.52. The van der Waals surface area contributed by atoms with Crippen LogP contribution in [0.25, 0.3) is 11.1 Å². The SMILES string of the molecule is O=C1CCC(N2Cc3c(OCCCc4ccc(CCCC(=O)Nc5cccc(-c6ccc7c(c6)[C@H]6[C@H](CCN6Cc6ccncc6)[C@@H](CO)N7)c5)cc4)cccc3C2=O)C(=O)N1. The van der Waals surface area contributed by atoms with Crippen molar-refractivity contribution in [2.75, 3.05) is 30.4 Å². The van der Waals surface area contributed by atoms with Crippen LogP contribution in [0.3, 0.4) is 0 Å². The highest BCUT2D eigenvalue weighted by molar-refractivity contribution is 6.05. The summed E-state index contributed by atoms with van der Waals surface area (Å²) in [5.41, 5.74) is 10.1. The summed E-state index contributed by atoms with van der Waals surface area (Å²) in [4.78, 5) is 58.6. The molecule has 5 aromatic rings. The number of carbonyl (C=O) groups excluding carboxylic acids is 4. The van der Waals surface area contributed by atoms with Crippen LogP contribution in [0.4, 0.5) is 11.4 Å². The highest BCUT2D eigenvalue weighted by atomic mass is 16.5. The number of hydrogen-bond donors (Lipinski definition) is 4. The Labute approximate surface area is 361 Å². The van der Waals surface area contributed by atoms with Crippen molar-refractivity contribution in [3.8, 4) is 16.9 Å². The maximum atomic E-state index is 13.1. The fraction of sp³-hybridized carbons (Fsp3) is 0.340. The number of aliphatic hydroxyl groups excluding tert-OH is 1. The number of ether oxygens (including phenoxy) is 1. The van der Waals surface area contributed by atoms with E-state index >= 15 is 0 Å². The molecule has 5 heterocycles. The Morgan fingerprint density at radius 2 is 1.63 bits per heavy atom. The van der Waals surface area contributed by atoms with Crippen molar-refractivity contribution in [2.45, 2.75) is 82.6 Å². The first-order chi connectivity index (χ1) is 30.3. The molecule has 4 N–H and O–H groups in total. The Hall–Kier alpha value is -6.37.